The highest BCUT2D eigenvalue weighted by molar-refractivity contribution is 6.26. The minimum atomic E-state index is 0.649. The number of hydrogen-bond donors (Lipinski definition) is 0. The molecule has 0 saturated carbocycles. The number of fused-ring (bicyclic) bond motifs is 12. The fraction of sp³-hybridized carbons (Fsp3) is 0. The van der Waals surface area contributed by atoms with E-state index in [1.54, 1.807) is 0 Å². The Morgan fingerprint density at radius 2 is 0.250 bits per heavy atom. The summed E-state index contributed by atoms with van der Waals surface area (Å²) in [7, 11) is 0. The third-order valence-electron chi connectivity index (χ3n) is 24.9. The monoisotopic (exact) mass is 1680 g/mol. The average molecular weight is 1680 g/mol. The molecule has 132 heavy (non-hydrogen) atoms. The Morgan fingerprint density at radius 3 is 0.523 bits per heavy atom. The van der Waals surface area contributed by atoms with E-state index in [0.717, 1.165) is 93.5 Å². The third-order valence-corrected chi connectivity index (χ3v) is 24.9. The van der Waals surface area contributed by atoms with E-state index in [0.29, 0.717) is 52.4 Å². The van der Waals surface area contributed by atoms with Crippen LogP contribution in [0.5, 0.6) is 0 Å². The van der Waals surface area contributed by atoms with E-state index in [-0.39, 0.29) is 0 Å². The molecular formula is C123H79N9. The smallest absolute Gasteiger partial charge is 0.164 e. The molecular weight excluding hydrogens is 1600 g/mol. The molecule has 0 atom stereocenters. The molecule has 616 valence electrons. The molecule has 0 amide bonds. The van der Waals surface area contributed by atoms with Gasteiger partial charge in [0, 0.05) is 50.1 Å². The summed E-state index contributed by atoms with van der Waals surface area (Å²) in [6.07, 6.45) is 0. The molecule has 0 spiro atoms. The van der Waals surface area contributed by atoms with Crippen molar-refractivity contribution < 1.29 is 0 Å². The van der Waals surface area contributed by atoms with Gasteiger partial charge in [-0.1, -0.05) is 431 Å². The summed E-state index contributed by atoms with van der Waals surface area (Å²) in [5, 5.41) is 21.5. The number of hydrogen-bond acceptors (Lipinski definition) is 9. The van der Waals surface area contributed by atoms with Gasteiger partial charge in [-0.3, -0.25) is 0 Å². The Bertz CT molecular complexity index is 8380. The number of aromatic nitrogens is 9. The van der Waals surface area contributed by atoms with Crippen LogP contribution in [0.25, 0.3) is 244 Å². The van der Waals surface area contributed by atoms with Crippen molar-refractivity contribution in [2.75, 3.05) is 0 Å². The molecule has 25 aromatic rings. The van der Waals surface area contributed by atoms with E-state index in [9.17, 15) is 0 Å². The second-order valence-electron chi connectivity index (χ2n) is 33.2. The Labute approximate surface area is 762 Å². The van der Waals surface area contributed by atoms with Crippen LogP contribution in [0.2, 0.25) is 0 Å². The van der Waals surface area contributed by atoms with Gasteiger partial charge < -0.3 is 0 Å². The van der Waals surface area contributed by atoms with Gasteiger partial charge in [0.25, 0.3) is 0 Å². The minimum absolute atomic E-state index is 0.649. The molecule has 0 radical (unpaired) electrons. The molecule has 3 heterocycles. The Morgan fingerprint density at radius 1 is 0.0833 bits per heavy atom. The molecule has 9 nitrogen and oxygen atoms in total. The normalized spacial score (nSPS) is 11.3. The van der Waals surface area contributed by atoms with Gasteiger partial charge in [-0.2, -0.15) is 0 Å². The maximum Gasteiger partial charge on any atom is 0.164 e. The number of rotatable bonds is 13. The summed E-state index contributed by atoms with van der Waals surface area (Å²) in [5.41, 5.74) is 18.1. The lowest BCUT2D eigenvalue weighted by molar-refractivity contribution is 1.07. The van der Waals surface area contributed by atoms with Crippen LogP contribution in [0.1, 0.15) is 0 Å². The summed E-state index contributed by atoms with van der Waals surface area (Å²) in [5.74, 6) is 5.90. The Hall–Kier alpha value is -17.8. The summed E-state index contributed by atoms with van der Waals surface area (Å²) in [4.78, 5) is 45.2. The third kappa shape index (κ3) is 16.1. The zero-order valence-corrected chi connectivity index (χ0v) is 71.6. The molecule has 0 saturated heterocycles. The summed E-state index contributed by atoms with van der Waals surface area (Å²) >= 11 is 0. The highest BCUT2D eigenvalue weighted by atomic mass is 15.1. The molecule has 0 N–H and O–H groups in total. The predicted octanol–water partition coefficient (Wildman–Crippen LogP) is 31.7. The summed E-state index contributed by atoms with van der Waals surface area (Å²) in [6.45, 7) is 0. The van der Waals surface area contributed by atoms with Crippen molar-refractivity contribution in [1.29, 1.82) is 0 Å². The molecule has 0 bridgehead atoms. The largest absolute Gasteiger partial charge is 0.208 e. The lowest BCUT2D eigenvalue weighted by Crippen LogP contribution is -2.00. The highest BCUT2D eigenvalue weighted by Crippen LogP contribution is 2.41. The summed E-state index contributed by atoms with van der Waals surface area (Å²) in [6, 6.07) is 168. The van der Waals surface area contributed by atoms with Gasteiger partial charge in [0.2, 0.25) is 0 Å². The van der Waals surface area contributed by atoms with E-state index in [1.165, 1.54) is 98.0 Å². The Kier molecular flexibility index (Phi) is 20.8. The average Bonchev–Trinajstić information content (AvgIpc) is 0.744. The van der Waals surface area contributed by atoms with Gasteiger partial charge in [0.05, 0.1) is 0 Å². The van der Waals surface area contributed by atoms with Crippen molar-refractivity contribution >= 4 is 97.0 Å². The zero-order chi connectivity index (χ0) is 87.6. The van der Waals surface area contributed by atoms with Crippen LogP contribution in [0, 0.1) is 0 Å². The van der Waals surface area contributed by atoms with E-state index < -0.39 is 0 Å². The maximum atomic E-state index is 5.10. The van der Waals surface area contributed by atoms with Gasteiger partial charge in [0.15, 0.2) is 52.4 Å². The van der Waals surface area contributed by atoms with Crippen LogP contribution in [0.3, 0.4) is 0 Å². The van der Waals surface area contributed by atoms with Crippen LogP contribution in [-0.2, 0) is 0 Å². The Balaban J connectivity index is 0.000000112. The standard InChI is InChI=1S/C41H25N3.2C41H27N3/c1-3-11-28-23-30(19-17-26(28)9-1)39-42-40(31-20-18-27-10-2-4-12-29(27)24-31)44-41(43-39)32-21-22-37-35-15-6-5-13-33(35)34-14-7-8-16-36(34)38(37)25-32;1-2-9-28(10-3-1)35-15-8-16-36(25-35)31-17-21-32(22-18-31)39-42-40(37-23-19-29-11-4-6-13-33(29)26-37)44-41(43-39)38-24-20-30-12-5-7-14-34(30)27-38;1-2-8-28(9-3-1)31-14-16-32(17-15-31)33-18-22-34(23-19-33)39-42-40(37-24-20-29-10-4-6-12-35(29)26-37)44-41(43-39)38-25-21-30-11-5-7-13-36(30)27-38/h1-25H;2*1-27H. The molecule has 0 aliphatic carbocycles. The zero-order valence-electron chi connectivity index (χ0n) is 71.6. The lowest BCUT2D eigenvalue weighted by atomic mass is 9.93. The quantitative estimate of drug-likeness (QED) is 0.104. The van der Waals surface area contributed by atoms with Gasteiger partial charge >= 0.3 is 0 Å². The molecule has 0 fully saturated rings. The fourth-order valence-electron chi connectivity index (χ4n) is 17.9. The number of benzene rings is 22. The van der Waals surface area contributed by atoms with Crippen LogP contribution in [-0.4, -0.2) is 44.9 Å². The highest BCUT2D eigenvalue weighted by Gasteiger charge is 2.21. The first-order valence-electron chi connectivity index (χ1n) is 44.4. The predicted molar refractivity (Wildman–Crippen MR) is 548 cm³/mol. The van der Waals surface area contributed by atoms with E-state index in [4.69, 9.17) is 44.9 Å². The van der Waals surface area contributed by atoms with Gasteiger partial charge in [-0.15, -0.1) is 0 Å². The van der Waals surface area contributed by atoms with E-state index >= 15 is 0 Å². The van der Waals surface area contributed by atoms with E-state index in [2.05, 4.69) is 467 Å². The van der Waals surface area contributed by atoms with Crippen molar-refractivity contribution in [1.82, 2.24) is 44.9 Å². The molecule has 0 aliphatic rings. The maximum absolute atomic E-state index is 5.10. The molecule has 22 aromatic carbocycles. The van der Waals surface area contributed by atoms with Crippen molar-refractivity contribution in [3.8, 4) is 147 Å². The van der Waals surface area contributed by atoms with Gasteiger partial charge in [-0.05, 0) is 190 Å². The van der Waals surface area contributed by atoms with Crippen LogP contribution >= 0.6 is 0 Å². The van der Waals surface area contributed by atoms with Crippen LogP contribution in [0.15, 0.2) is 479 Å². The van der Waals surface area contributed by atoms with Crippen molar-refractivity contribution in [2.24, 2.45) is 0 Å². The molecule has 0 unspecified atom stereocenters. The molecule has 0 aliphatic heterocycles. The van der Waals surface area contributed by atoms with Crippen molar-refractivity contribution in [2.45, 2.75) is 0 Å². The molecule has 3 aromatic heterocycles. The SMILES string of the molecule is c1ccc(-c2ccc(-c3ccc(-c4nc(-c5ccc6ccccc6c5)nc(-c5ccc6ccccc6c5)n4)cc3)cc2)cc1.c1ccc(-c2cccc(-c3ccc(-c4nc(-c5ccc6ccccc6c5)nc(-c5ccc6ccccc6c5)n4)cc3)c2)cc1.c1ccc2cc(-c3nc(-c4ccc5ccccc5c4)nc(-c4ccc5c6ccccc6c6ccccc6c5c4)n3)ccc2c1. The lowest BCUT2D eigenvalue weighted by Gasteiger charge is -2.13. The van der Waals surface area contributed by atoms with Crippen molar-refractivity contribution in [3.63, 3.8) is 0 Å². The van der Waals surface area contributed by atoms with Gasteiger partial charge in [0.1, 0.15) is 0 Å². The minimum Gasteiger partial charge on any atom is -0.208 e. The van der Waals surface area contributed by atoms with Crippen molar-refractivity contribution in [3.05, 3.63) is 479 Å². The van der Waals surface area contributed by atoms with Crippen LogP contribution < -0.4 is 0 Å². The van der Waals surface area contributed by atoms with Gasteiger partial charge in [-0.25, -0.2) is 44.9 Å². The first kappa shape index (κ1) is 78.9. The second-order valence-corrected chi connectivity index (χ2v) is 33.2. The number of nitrogens with zero attached hydrogens (tertiary/aromatic N) is 9. The van der Waals surface area contributed by atoms with E-state index in [1.807, 2.05) is 12.1 Å². The first-order chi connectivity index (χ1) is 65.3. The molecule has 25 rings (SSSR count). The summed E-state index contributed by atoms with van der Waals surface area (Å²) < 4.78 is 0. The fourth-order valence-corrected chi connectivity index (χ4v) is 17.9. The topological polar surface area (TPSA) is 116 Å². The second kappa shape index (κ2) is 34.9. The van der Waals surface area contributed by atoms with Crippen LogP contribution in [0.4, 0.5) is 0 Å². The first-order valence-corrected chi connectivity index (χ1v) is 44.4. The molecule has 9 heteroatoms.